The molecule has 2 amide bonds. The molecule has 0 bridgehead atoms. The number of carbonyl (C=O) groups is 2. The molecule has 0 radical (unpaired) electrons. The Bertz CT molecular complexity index is 1580. The molecule has 1 saturated heterocycles. The molecular weight excluding hydrogens is 572 g/mol. The quantitative estimate of drug-likeness (QED) is 0.187. The summed E-state index contributed by atoms with van der Waals surface area (Å²) in [7, 11) is 4.65. The van der Waals surface area contributed by atoms with Crippen molar-refractivity contribution >= 4 is 23.4 Å². The van der Waals surface area contributed by atoms with Crippen LogP contribution in [0.3, 0.4) is 0 Å². The van der Waals surface area contributed by atoms with E-state index in [-0.39, 0.29) is 18.6 Å². The molecule has 1 heterocycles. The van der Waals surface area contributed by atoms with Crippen LogP contribution in [0, 0.1) is 0 Å². The van der Waals surface area contributed by atoms with E-state index in [1.54, 1.807) is 62.6 Å². The molecular formula is C35H38N4O6. The number of anilines is 2. The van der Waals surface area contributed by atoms with Gasteiger partial charge in [0.25, 0.3) is 5.91 Å². The van der Waals surface area contributed by atoms with Crippen LogP contribution in [-0.2, 0) is 11.3 Å². The second-order valence-electron chi connectivity index (χ2n) is 10.6. The number of nitrogen functional groups attached to an aromatic ring is 1. The zero-order valence-corrected chi connectivity index (χ0v) is 25.6. The van der Waals surface area contributed by atoms with Crippen molar-refractivity contribution in [1.82, 2.24) is 10.2 Å². The zero-order chi connectivity index (χ0) is 31.8. The molecule has 45 heavy (non-hydrogen) atoms. The zero-order valence-electron chi connectivity index (χ0n) is 25.6. The molecule has 0 aromatic heterocycles. The normalized spacial score (nSPS) is 14.7. The van der Waals surface area contributed by atoms with Gasteiger partial charge in [-0.05, 0) is 66.1 Å². The van der Waals surface area contributed by atoms with E-state index in [4.69, 9.17) is 24.7 Å². The first-order valence-corrected chi connectivity index (χ1v) is 14.7. The third kappa shape index (κ3) is 7.13. The molecule has 0 saturated carbocycles. The largest absolute Gasteiger partial charge is 0.493 e. The molecule has 0 spiro atoms. The van der Waals surface area contributed by atoms with Crippen LogP contribution in [0.25, 0.3) is 0 Å². The molecule has 4 aromatic rings. The summed E-state index contributed by atoms with van der Waals surface area (Å²) in [5.41, 5.74) is 9.84. The SMILES string of the molecule is COc1cc(C(c2ccc(C(=O)Nc3ccccc3N)cc2)N(C(=O)OCc2ccccc2)[C@H]2CCNC2)cc(OC)c1OC. The maximum absolute atomic E-state index is 14.0. The summed E-state index contributed by atoms with van der Waals surface area (Å²) in [6.45, 7) is 1.48. The average molecular weight is 611 g/mol. The number of methoxy groups -OCH3 is 3. The second-order valence-corrected chi connectivity index (χ2v) is 10.6. The highest BCUT2D eigenvalue weighted by Crippen LogP contribution is 2.43. The lowest BCUT2D eigenvalue weighted by molar-refractivity contribution is 0.0707. The first-order valence-electron chi connectivity index (χ1n) is 14.7. The Balaban J connectivity index is 1.55. The van der Waals surface area contributed by atoms with Crippen molar-refractivity contribution in [3.63, 3.8) is 0 Å². The van der Waals surface area contributed by atoms with E-state index >= 15 is 0 Å². The fraction of sp³-hybridized carbons (Fsp3) is 0.257. The average Bonchev–Trinajstić information content (AvgIpc) is 3.61. The number of nitrogens with one attached hydrogen (secondary N) is 2. The lowest BCUT2D eigenvalue weighted by Crippen LogP contribution is -2.44. The first kappa shape index (κ1) is 31.2. The number of para-hydroxylation sites is 2. The predicted octanol–water partition coefficient (Wildman–Crippen LogP) is 5.64. The number of amides is 2. The third-order valence-corrected chi connectivity index (χ3v) is 7.82. The van der Waals surface area contributed by atoms with E-state index in [0.717, 1.165) is 29.7 Å². The number of benzene rings is 4. The fourth-order valence-electron chi connectivity index (χ4n) is 5.53. The van der Waals surface area contributed by atoms with Crippen molar-refractivity contribution < 1.29 is 28.5 Å². The molecule has 4 aromatic carbocycles. The summed E-state index contributed by atoms with van der Waals surface area (Å²) in [4.78, 5) is 28.9. The summed E-state index contributed by atoms with van der Waals surface area (Å²) < 4.78 is 22.9. The maximum atomic E-state index is 14.0. The van der Waals surface area contributed by atoms with Crippen molar-refractivity contribution in [2.45, 2.75) is 25.1 Å². The summed E-state index contributed by atoms with van der Waals surface area (Å²) in [6.07, 6.45) is 0.271. The van der Waals surface area contributed by atoms with Crippen LogP contribution in [0.5, 0.6) is 17.2 Å². The Morgan fingerprint density at radius 2 is 1.56 bits per heavy atom. The van der Waals surface area contributed by atoms with E-state index in [2.05, 4.69) is 10.6 Å². The molecule has 0 aliphatic carbocycles. The molecule has 1 aliphatic rings. The Morgan fingerprint density at radius 1 is 0.889 bits per heavy atom. The van der Waals surface area contributed by atoms with E-state index < -0.39 is 12.1 Å². The van der Waals surface area contributed by atoms with Crippen LogP contribution in [-0.4, -0.2) is 57.4 Å². The topological polar surface area (TPSA) is 124 Å². The van der Waals surface area contributed by atoms with E-state index in [0.29, 0.717) is 40.7 Å². The van der Waals surface area contributed by atoms with Crippen molar-refractivity contribution in [2.24, 2.45) is 0 Å². The van der Waals surface area contributed by atoms with Crippen molar-refractivity contribution in [3.8, 4) is 17.2 Å². The summed E-state index contributed by atoms with van der Waals surface area (Å²) >= 11 is 0. The van der Waals surface area contributed by atoms with Crippen LogP contribution >= 0.6 is 0 Å². The van der Waals surface area contributed by atoms with Gasteiger partial charge in [-0.2, -0.15) is 0 Å². The van der Waals surface area contributed by atoms with Gasteiger partial charge in [0, 0.05) is 18.2 Å². The minimum atomic E-state index is -0.617. The van der Waals surface area contributed by atoms with E-state index in [1.165, 1.54) is 0 Å². The van der Waals surface area contributed by atoms with E-state index in [9.17, 15) is 9.59 Å². The molecule has 4 N–H and O–H groups in total. The van der Waals surface area contributed by atoms with Gasteiger partial charge in [0.15, 0.2) is 11.5 Å². The first-order chi connectivity index (χ1) is 21.9. The van der Waals surface area contributed by atoms with Gasteiger partial charge in [-0.1, -0.05) is 54.6 Å². The van der Waals surface area contributed by atoms with Crippen LogP contribution in [0.4, 0.5) is 16.2 Å². The lowest BCUT2D eigenvalue weighted by Gasteiger charge is -2.36. The van der Waals surface area contributed by atoms with Crippen molar-refractivity contribution in [1.29, 1.82) is 0 Å². The molecule has 1 unspecified atom stereocenters. The van der Waals surface area contributed by atoms with Gasteiger partial charge in [-0.25, -0.2) is 4.79 Å². The highest BCUT2D eigenvalue weighted by atomic mass is 16.6. The molecule has 10 nitrogen and oxygen atoms in total. The predicted molar refractivity (Wildman–Crippen MR) is 173 cm³/mol. The van der Waals surface area contributed by atoms with Crippen molar-refractivity contribution in [3.05, 3.63) is 113 Å². The van der Waals surface area contributed by atoms with Crippen LogP contribution in [0.2, 0.25) is 0 Å². The standard InChI is InChI=1S/C35H38N4O6/c1-42-30-19-26(20-31(43-2)33(30)44-3)32(24-13-15-25(16-14-24)34(40)38-29-12-8-7-11-28(29)36)39(27-17-18-37-21-27)35(41)45-22-23-9-5-4-6-10-23/h4-16,19-20,27,32,37H,17-18,21-22,36H2,1-3H3,(H,38,40)/t27-,32?/m0/s1. The highest BCUT2D eigenvalue weighted by Gasteiger charge is 2.37. The Labute approximate surface area is 263 Å². The molecule has 2 atom stereocenters. The molecule has 1 aliphatic heterocycles. The molecule has 5 rings (SSSR count). The van der Waals surface area contributed by atoms with Crippen LogP contribution in [0.15, 0.2) is 91.0 Å². The number of nitrogens with zero attached hydrogens (tertiary/aromatic N) is 1. The maximum Gasteiger partial charge on any atom is 0.411 e. The number of carbonyl (C=O) groups excluding carboxylic acids is 2. The third-order valence-electron chi connectivity index (χ3n) is 7.82. The van der Waals surface area contributed by atoms with Crippen LogP contribution < -0.4 is 30.6 Å². The Hall–Kier alpha value is -5.22. The highest BCUT2D eigenvalue weighted by molar-refractivity contribution is 6.05. The summed E-state index contributed by atoms with van der Waals surface area (Å²) in [5.74, 6) is 1.05. The number of rotatable bonds is 11. The van der Waals surface area contributed by atoms with E-state index in [1.807, 2.05) is 54.6 Å². The van der Waals surface area contributed by atoms with Crippen molar-refractivity contribution in [2.75, 3.05) is 45.5 Å². The van der Waals surface area contributed by atoms with Crippen LogP contribution in [0.1, 0.15) is 39.5 Å². The van der Waals surface area contributed by atoms with Gasteiger partial charge in [0.1, 0.15) is 6.61 Å². The van der Waals surface area contributed by atoms with Gasteiger partial charge in [-0.15, -0.1) is 0 Å². The lowest BCUT2D eigenvalue weighted by atomic mass is 9.94. The second kappa shape index (κ2) is 14.5. The van der Waals surface area contributed by atoms with Gasteiger partial charge in [0.2, 0.25) is 5.75 Å². The van der Waals surface area contributed by atoms with Gasteiger partial charge in [-0.3, -0.25) is 9.69 Å². The number of nitrogens with two attached hydrogens (primary N) is 1. The van der Waals surface area contributed by atoms with Gasteiger partial charge >= 0.3 is 6.09 Å². The number of hydrogen-bond donors (Lipinski definition) is 3. The number of hydrogen-bond acceptors (Lipinski definition) is 8. The Kier molecular flexibility index (Phi) is 10.1. The summed E-state index contributed by atoms with van der Waals surface area (Å²) in [6, 6.07) is 26.7. The summed E-state index contributed by atoms with van der Waals surface area (Å²) in [5, 5.41) is 6.24. The smallest absolute Gasteiger partial charge is 0.411 e. The number of ether oxygens (including phenoxy) is 4. The molecule has 1 fully saturated rings. The molecule has 234 valence electrons. The van der Waals surface area contributed by atoms with Gasteiger partial charge in [0.05, 0.1) is 38.7 Å². The minimum Gasteiger partial charge on any atom is -0.493 e. The van der Waals surface area contributed by atoms with Gasteiger partial charge < -0.3 is 35.3 Å². The fourth-order valence-corrected chi connectivity index (χ4v) is 5.53. The molecule has 10 heteroatoms. The monoisotopic (exact) mass is 610 g/mol. The Morgan fingerprint density at radius 3 is 2.16 bits per heavy atom. The minimum absolute atomic E-state index is 0.125.